The van der Waals surface area contributed by atoms with Crippen LogP contribution in [0.2, 0.25) is 0 Å². The molecular weight excluding hydrogens is 320 g/mol. The van der Waals surface area contributed by atoms with Gasteiger partial charge in [-0.3, -0.25) is 19.3 Å². The Morgan fingerprint density at radius 1 is 1.16 bits per heavy atom. The maximum atomic E-state index is 12.4. The van der Waals surface area contributed by atoms with E-state index in [2.05, 4.69) is 5.32 Å². The molecular formula is C19H22N2O4. The molecule has 1 N–H and O–H groups in total. The molecule has 25 heavy (non-hydrogen) atoms. The molecule has 3 amide bonds. The van der Waals surface area contributed by atoms with Crippen molar-refractivity contribution in [2.75, 3.05) is 18.5 Å². The lowest BCUT2D eigenvalue weighted by atomic mass is 9.85. The molecule has 132 valence electrons. The number of amides is 3. The van der Waals surface area contributed by atoms with Crippen molar-refractivity contribution in [3.05, 3.63) is 36.4 Å². The Morgan fingerprint density at radius 2 is 1.80 bits per heavy atom. The summed E-state index contributed by atoms with van der Waals surface area (Å²) in [5.74, 6) is -0.452. The minimum absolute atomic E-state index is 0.0742. The van der Waals surface area contributed by atoms with Crippen molar-refractivity contribution >= 4 is 23.4 Å². The number of benzene rings is 1. The molecule has 6 nitrogen and oxygen atoms in total. The molecule has 1 aromatic rings. The molecule has 0 unspecified atom stereocenters. The summed E-state index contributed by atoms with van der Waals surface area (Å²) in [4.78, 5) is 38.2. The molecule has 1 heterocycles. The lowest BCUT2D eigenvalue weighted by molar-refractivity contribution is -0.140. The first-order valence-corrected chi connectivity index (χ1v) is 8.63. The van der Waals surface area contributed by atoms with Gasteiger partial charge >= 0.3 is 0 Å². The molecule has 1 fully saturated rings. The zero-order valence-corrected chi connectivity index (χ0v) is 14.2. The fourth-order valence-corrected chi connectivity index (χ4v) is 3.37. The van der Waals surface area contributed by atoms with Gasteiger partial charge in [-0.25, -0.2) is 0 Å². The number of ether oxygens (including phenoxy) is 1. The van der Waals surface area contributed by atoms with Crippen LogP contribution in [0.1, 0.15) is 26.2 Å². The van der Waals surface area contributed by atoms with E-state index in [4.69, 9.17) is 4.74 Å². The van der Waals surface area contributed by atoms with Crippen LogP contribution in [0.5, 0.6) is 5.75 Å². The van der Waals surface area contributed by atoms with E-state index >= 15 is 0 Å². The van der Waals surface area contributed by atoms with Gasteiger partial charge < -0.3 is 10.1 Å². The minimum atomic E-state index is -0.251. The standard InChI is InChI=1S/C19H22N2O4/c1-2-25-16-10-6-5-9-15(16)20-17(22)11-12-21-18(23)13-7-3-4-8-14(13)19(21)24/h3-6,9-10,13-14H,2,7-8,11-12H2,1H3,(H,20,22)/t13-,14-/m1/s1. The Hall–Kier alpha value is -2.63. The van der Waals surface area contributed by atoms with E-state index in [0.717, 1.165) is 0 Å². The van der Waals surface area contributed by atoms with Crippen LogP contribution < -0.4 is 10.1 Å². The largest absolute Gasteiger partial charge is 0.492 e. The molecule has 2 atom stereocenters. The Morgan fingerprint density at radius 3 is 2.44 bits per heavy atom. The number of hydrogen-bond donors (Lipinski definition) is 1. The van der Waals surface area contributed by atoms with Gasteiger partial charge in [-0.1, -0.05) is 24.3 Å². The first-order valence-electron chi connectivity index (χ1n) is 8.63. The summed E-state index contributed by atoms with van der Waals surface area (Å²) in [6.07, 6.45) is 5.20. The summed E-state index contributed by atoms with van der Waals surface area (Å²) in [7, 11) is 0. The van der Waals surface area contributed by atoms with Crippen molar-refractivity contribution < 1.29 is 19.1 Å². The Balaban J connectivity index is 1.58. The monoisotopic (exact) mass is 342 g/mol. The van der Waals surface area contributed by atoms with E-state index in [9.17, 15) is 14.4 Å². The van der Waals surface area contributed by atoms with Crippen molar-refractivity contribution in [3.8, 4) is 5.75 Å². The fourth-order valence-electron chi connectivity index (χ4n) is 3.37. The quantitative estimate of drug-likeness (QED) is 0.636. The number of fused-ring (bicyclic) bond motifs is 1. The zero-order valence-electron chi connectivity index (χ0n) is 14.2. The number of nitrogens with zero attached hydrogens (tertiary/aromatic N) is 1. The summed E-state index contributed by atoms with van der Waals surface area (Å²) < 4.78 is 5.47. The van der Waals surface area contributed by atoms with E-state index in [0.29, 0.717) is 30.9 Å². The molecule has 1 aromatic carbocycles. The Labute approximate surface area is 146 Å². The second-order valence-electron chi connectivity index (χ2n) is 6.21. The van der Waals surface area contributed by atoms with Gasteiger partial charge in [-0.05, 0) is 31.9 Å². The van der Waals surface area contributed by atoms with Crippen molar-refractivity contribution in [1.82, 2.24) is 4.90 Å². The van der Waals surface area contributed by atoms with Crippen LogP contribution >= 0.6 is 0 Å². The number of anilines is 1. The highest BCUT2D eigenvalue weighted by molar-refractivity contribution is 6.05. The van der Waals surface area contributed by atoms with E-state index in [-0.39, 0.29) is 42.5 Å². The van der Waals surface area contributed by atoms with Gasteiger partial charge in [-0.15, -0.1) is 0 Å². The molecule has 6 heteroatoms. The predicted octanol–water partition coefficient (Wildman–Crippen LogP) is 2.37. The van der Waals surface area contributed by atoms with E-state index in [1.165, 1.54) is 4.90 Å². The molecule has 1 saturated heterocycles. The summed E-state index contributed by atoms with van der Waals surface area (Å²) in [6, 6.07) is 7.18. The summed E-state index contributed by atoms with van der Waals surface area (Å²) in [6.45, 7) is 2.49. The van der Waals surface area contributed by atoms with Crippen molar-refractivity contribution in [1.29, 1.82) is 0 Å². The second-order valence-corrected chi connectivity index (χ2v) is 6.21. The third kappa shape index (κ3) is 3.57. The maximum Gasteiger partial charge on any atom is 0.233 e. The van der Waals surface area contributed by atoms with E-state index in [1.54, 1.807) is 12.1 Å². The molecule has 0 spiro atoms. The normalized spacial score (nSPS) is 22.0. The van der Waals surface area contributed by atoms with Gasteiger partial charge in [0, 0.05) is 13.0 Å². The van der Waals surface area contributed by atoms with Crippen LogP contribution in [-0.2, 0) is 14.4 Å². The average Bonchev–Trinajstić information content (AvgIpc) is 2.86. The van der Waals surface area contributed by atoms with Crippen LogP contribution in [0.25, 0.3) is 0 Å². The molecule has 3 rings (SSSR count). The van der Waals surface area contributed by atoms with Gasteiger partial charge in [0.25, 0.3) is 0 Å². The highest BCUT2D eigenvalue weighted by atomic mass is 16.5. The SMILES string of the molecule is CCOc1ccccc1NC(=O)CCN1C(=O)[C@@H]2CC=CC[C@H]2C1=O. The van der Waals surface area contributed by atoms with E-state index < -0.39 is 0 Å². The number of hydrogen-bond acceptors (Lipinski definition) is 4. The number of nitrogens with one attached hydrogen (secondary N) is 1. The predicted molar refractivity (Wildman–Crippen MR) is 92.9 cm³/mol. The summed E-state index contributed by atoms with van der Waals surface area (Å²) in [5, 5.41) is 2.79. The molecule has 1 aliphatic carbocycles. The Kier molecular flexibility index (Phi) is 5.16. The highest BCUT2D eigenvalue weighted by Gasteiger charge is 2.46. The number of imide groups is 1. The number of likely N-dealkylation sites (tertiary alicyclic amines) is 1. The Bertz CT molecular complexity index is 687. The van der Waals surface area contributed by atoms with Gasteiger partial charge in [0.15, 0.2) is 0 Å². The number of rotatable bonds is 6. The lowest BCUT2D eigenvalue weighted by Crippen LogP contribution is -2.34. The van der Waals surface area contributed by atoms with Gasteiger partial charge in [0.2, 0.25) is 17.7 Å². The first kappa shape index (κ1) is 17.2. The number of carbonyl (C=O) groups is 3. The van der Waals surface area contributed by atoms with Crippen LogP contribution in [0.15, 0.2) is 36.4 Å². The van der Waals surface area contributed by atoms with Gasteiger partial charge in [0.05, 0.1) is 24.1 Å². The van der Waals surface area contributed by atoms with Gasteiger partial charge in [0.1, 0.15) is 5.75 Å². The molecule has 2 aliphatic rings. The molecule has 0 bridgehead atoms. The lowest BCUT2D eigenvalue weighted by Gasteiger charge is -2.15. The minimum Gasteiger partial charge on any atom is -0.492 e. The van der Waals surface area contributed by atoms with Crippen molar-refractivity contribution in [2.24, 2.45) is 11.8 Å². The average molecular weight is 342 g/mol. The number of carbonyl (C=O) groups excluding carboxylic acids is 3. The number of para-hydroxylation sites is 2. The molecule has 1 aliphatic heterocycles. The van der Waals surface area contributed by atoms with Crippen LogP contribution in [-0.4, -0.2) is 35.8 Å². The van der Waals surface area contributed by atoms with Crippen LogP contribution in [0, 0.1) is 11.8 Å². The first-order chi connectivity index (χ1) is 12.1. The van der Waals surface area contributed by atoms with Crippen LogP contribution in [0.4, 0.5) is 5.69 Å². The fraction of sp³-hybridized carbons (Fsp3) is 0.421. The summed E-state index contributed by atoms with van der Waals surface area (Å²) >= 11 is 0. The topological polar surface area (TPSA) is 75.7 Å². The zero-order chi connectivity index (χ0) is 17.8. The third-order valence-corrected chi connectivity index (χ3v) is 4.62. The highest BCUT2D eigenvalue weighted by Crippen LogP contribution is 2.35. The van der Waals surface area contributed by atoms with Crippen molar-refractivity contribution in [2.45, 2.75) is 26.2 Å². The number of allylic oxidation sites excluding steroid dienone is 2. The van der Waals surface area contributed by atoms with Crippen LogP contribution in [0.3, 0.4) is 0 Å². The second kappa shape index (κ2) is 7.51. The maximum absolute atomic E-state index is 12.4. The summed E-state index contributed by atoms with van der Waals surface area (Å²) in [5.41, 5.74) is 0.589. The third-order valence-electron chi connectivity index (χ3n) is 4.62. The molecule has 0 radical (unpaired) electrons. The molecule has 0 aromatic heterocycles. The smallest absolute Gasteiger partial charge is 0.233 e. The van der Waals surface area contributed by atoms with E-state index in [1.807, 2.05) is 31.2 Å². The van der Waals surface area contributed by atoms with Crippen molar-refractivity contribution in [3.63, 3.8) is 0 Å². The molecule has 0 saturated carbocycles. The van der Waals surface area contributed by atoms with Gasteiger partial charge in [-0.2, -0.15) is 0 Å².